The molecule has 1 saturated heterocycles. The van der Waals surface area contributed by atoms with Crippen LogP contribution in [0.5, 0.6) is 5.75 Å². The van der Waals surface area contributed by atoms with E-state index in [1.54, 1.807) is 29.2 Å². The summed E-state index contributed by atoms with van der Waals surface area (Å²) in [5, 5.41) is 15.8. The number of rotatable bonds is 4. The molecule has 1 aliphatic rings. The predicted octanol–water partition coefficient (Wildman–Crippen LogP) is 3.17. The number of anilines is 2. The molecule has 3 N–H and O–H groups in total. The number of nitrogens with zero attached hydrogens (tertiary/aromatic N) is 2. The lowest BCUT2D eigenvalue weighted by atomic mass is 10.2. The third-order valence-corrected chi connectivity index (χ3v) is 5.15. The number of phenolic OH excluding ortho intramolecular Hbond substituents is 1. The molecule has 9 heteroatoms. The summed E-state index contributed by atoms with van der Waals surface area (Å²) in [6, 6.07) is 11.6. The van der Waals surface area contributed by atoms with Gasteiger partial charge in [-0.1, -0.05) is 35.3 Å². The first-order valence-electron chi connectivity index (χ1n) is 8.74. The maximum Gasteiger partial charge on any atom is 0.317 e. The summed E-state index contributed by atoms with van der Waals surface area (Å²) in [5.41, 5.74) is 1.26. The lowest BCUT2D eigenvalue weighted by molar-refractivity contribution is -0.115. The molecule has 0 spiro atoms. The van der Waals surface area contributed by atoms with Gasteiger partial charge in [0.25, 0.3) is 0 Å². The van der Waals surface area contributed by atoms with Crippen LogP contribution in [-0.4, -0.2) is 54.7 Å². The van der Waals surface area contributed by atoms with Crippen LogP contribution in [0.25, 0.3) is 0 Å². The predicted molar refractivity (Wildman–Crippen MR) is 110 cm³/mol. The normalized spacial score (nSPS) is 13.9. The number of carbonyl (C=O) groups excluding carboxylic acids is 2. The van der Waals surface area contributed by atoms with Crippen LogP contribution in [0.4, 0.5) is 16.2 Å². The van der Waals surface area contributed by atoms with Gasteiger partial charge in [0, 0.05) is 31.9 Å². The van der Waals surface area contributed by atoms with Crippen molar-refractivity contribution in [1.29, 1.82) is 0 Å². The summed E-state index contributed by atoms with van der Waals surface area (Å²) in [5.74, 6) is -0.440. The molecule has 0 radical (unpaired) electrons. The van der Waals surface area contributed by atoms with E-state index in [-0.39, 0.29) is 18.3 Å². The molecule has 1 aliphatic heterocycles. The van der Waals surface area contributed by atoms with E-state index in [4.69, 9.17) is 23.2 Å². The summed E-state index contributed by atoms with van der Waals surface area (Å²) in [7, 11) is 0. The van der Waals surface area contributed by atoms with Crippen molar-refractivity contribution >= 4 is 46.5 Å². The molecule has 1 heterocycles. The molecule has 0 unspecified atom stereocenters. The molecule has 28 heavy (non-hydrogen) atoms. The second kappa shape index (κ2) is 9.03. The third-order valence-electron chi connectivity index (χ3n) is 4.41. The molecule has 3 amide bonds. The number of para-hydroxylation sites is 2. The fraction of sp³-hybridized carbons (Fsp3) is 0.263. The second-order valence-corrected chi connectivity index (χ2v) is 7.11. The van der Waals surface area contributed by atoms with Crippen LogP contribution in [0.2, 0.25) is 10.0 Å². The highest BCUT2D eigenvalue weighted by atomic mass is 35.5. The van der Waals surface area contributed by atoms with Gasteiger partial charge >= 0.3 is 6.03 Å². The van der Waals surface area contributed by atoms with Crippen molar-refractivity contribution in [3.8, 4) is 5.75 Å². The second-order valence-electron chi connectivity index (χ2n) is 6.30. The number of amides is 3. The minimum Gasteiger partial charge on any atom is -0.506 e. The molecule has 0 atom stereocenters. The number of halogens is 2. The van der Waals surface area contributed by atoms with Crippen LogP contribution in [0.15, 0.2) is 42.5 Å². The fourth-order valence-corrected chi connectivity index (χ4v) is 3.18. The molecule has 0 aliphatic carbocycles. The zero-order chi connectivity index (χ0) is 20.1. The van der Waals surface area contributed by atoms with E-state index in [2.05, 4.69) is 15.5 Å². The van der Waals surface area contributed by atoms with Gasteiger partial charge in [-0.05, 0) is 30.3 Å². The van der Waals surface area contributed by atoms with Gasteiger partial charge in [-0.2, -0.15) is 0 Å². The highest BCUT2D eigenvalue weighted by molar-refractivity contribution is 6.42. The largest absolute Gasteiger partial charge is 0.506 e. The molecular formula is C19H20Cl2N4O3. The van der Waals surface area contributed by atoms with E-state index in [1.165, 1.54) is 6.07 Å². The van der Waals surface area contributed by atoms with Crippen molar-refractivity contribution in [1.82, 2.24) is 10.2 Å². The third kappa shape index (κ3) is 4.99. The van der Waals surface area contributed by atoms with E-state index >= 15 is 0 Å². The van der Waals surface area contributed by atoms with Gasteiger partial charge in [-0.15, -0.1) is 0 Å². The Morgan fingerprint density at radius 2 is 1.71 bits per heavy atom. The SMILES string of the molecule is O=C(CNC(=O)N1CCN(c2ccc(Cl)c(Cl)c2)CC1)Nc1ccccc1O. The van der Waals surface area contributed by atoms with Gasteiger partial charge in [0.05, 0.1) is 22.3 Å². The Morgan fingerprint density at radius 1 is 1.00 bits per heavy atom. The molecule has 2 aromatic carbocycles. The Bertz CT molecular complexity index is 870. The van der Waals surface area contributed by atoms with Crippen LogP contribution < -0.4 is 15.5 Å². The van der Waals surface area contributed by atoms with Crippen molar-refractivity contribution in [3.05, 3.63) is 52.5 Å². The summed E-state index contributed by atoms with van der Waals surface area (Å²) < 4.78 is 0. The lowest BCUT2D eigenvalue weighted by Crippen LogP contribution is -2.52. The molecule has 0 saturated carbocycles. The Hall–Kier alpha value is -2.64. The lowest BCUT2D eigenvalue weighted by Gasteiger charge is -2.36. The Morgan fingerprint density at radius 3 is 2.39 bits per heavy atom. The van der Waals surface area contributed by atoms with Gasteiger partial charge < -0.3 is 25.5 Å². The maximum atomic E-state index is 12.3. The average Bonchev–Trinajstić information content (AvgIpc) is 2.70. The standard InChI is InChI=1S/C19H20Cl2N4O3/c20-14-6-5-13(11-15(14)21)24-7-9-25(10-8-24)19(28)22-12-18(27)23-16-3-1-2-4-17(16)26/h1-6,11,26H,7-10,12H2,(H,22,28)(H,23,27). The molecule has 0 aromatic heterocycles. The minimum atomic E-state index is -0.413. The van der Waals surface area contributed by atoms with Gasteiger partial charge in [-0.3, -0.25) is 4.79 Å². The number of nitrogens with one attached hydrogen (secondary N) is 2. The Kier molecular flexibility index (Phi) is 6.49. The van der Waals surface area contributed by atoms with Crippen molar-refractivity contribution < 1.29 is 14.7 Å². The summed E-state index contributed by atoms with van der Waals surface area (Å²) >= 11 is 12.0. The van der Waals surface area contributed by atoms with Gasteiger partial charge in [0.2, 0.25) is 5.91 Å². The Balaban J connectivity index is 1.45. The Labute approximate surface area is 172 Å². The van der Waals surface area contributed by atoms with Crippen LogP contribution in [0, 0.1) is 0 Å². The van der Waals surface area contributed by atoms with Gasteiger partial charge in [0.1, 0.15) is 5.75 Å². The molecule has 148 valence electrons. The topological polar surface area (TPSA) is 84.9 Å². The van der Waals surface area contributed by atoms with E-state index in [9.17, 15) is 14.7 Å². The first-order valence-corrected chi connectivity index (χ1v) is 9.50. The fourth-order valence-electron chi connectivity index (χ4n) is 2.89. The number of carbonyl (C=O) groups is 2. The summed E-state index contributed by atoms with van der Waals surface area (Å²) in [6.45, 7) is 2.16. The van der Waals surface area contributed by atoms with E-state index < -0.39 is 5.91 Å². The van der Waals surface area contributed by atoms with Gasteiger partial charge in [-0.25, -0.2) is 4.79 Å². The molecule has 7 nitrogen and oxygen atoms in total. The molecule has 1 fully saturated rings. The molecular weight excluding hydrogens is 403 g/mol. The zero-order valence-electron chi connectivity index (χ0n) is 15.0. The number of hydrogen-bond acceptors (Lipinski definition) is 4. The van der Waals surface area contributed by atoms with Crippen LogP contribution in [0.1, 0.15) is 0 Å². The summed E-state index contributed by atoms with van der Waals surface area (Å²) in [6.07, 6.45) is 0. The van der Waals surface area contributed by atoms with E-state index in [0.717, 1.165) is 5.69 Å². The van der Waals surface area contributed by atoms with E-state index in [1.807, 2.05) is 12.1 Å². The highest BCUT2D eigenvalue weighted by Gasteiger charge is 2.22. The first-order chi connectivity index (χ1) is 13.4. The summed E-state index contributed by atoms with van der Waals surface area (Å²) in [4.78, 5) is 28.0. The number of aromatic hydroxyl groups is 1. The number of phenols is 1. The maximum absolute atomic E-state index is 12.3. The monoisotopic (exact) mass is 422 g/mol. The quantitative estimate of drug-likeness (QED) is 0.660. The van der Waals surface area contributed by atoms with Crippen LogP contribution >= 0.6 is 23.2 Å². The van der Waals surface area contributed by atoms with Crippen LogP contribution in [0.3, 0.4) is 0 Å². The zero-order valence-corrected chi connectivity index (χ0v) is 16.5. The van der Waals surface area contributed by atoms with E-state index in [0.29, 0.717) is 41.9 Å². The number of piperazine rings is 1. The van der Waals surface area contributed by atoms with Crippen molar-refractivity contribution in [2.45, 2.75) is 0 Å². The molecule has 0 bridgehead atoms. The average molecular weight is 423 g/mol. The van der Waals surface area contributed by atoms with Gasteiger partial charge in [0.15, 0.2) is 0 Å². The number of hydrogen-bond donors (Lipinski definition) is 3. The van der Waals surface area contributed by atoms with Crippen molar-refractivity contribution in [2.75, 3.05) is 42.9 Å². The first kappa shape index (κ1) is 20.1. The van der Waals surface area contributed by atoms with Crippen LogP contribution in [-0.2, 0) is 4.79 Å². The highest BCUT2D eigenvalue weighted by Crippen LogP contribution is 2.27. The van der Waals surface area contributed by atoms with Crippen molar-refractivity contribution in [2.24, 2.45) is 0 Å². The number of urea groups is 1. The molecule has 2 aromatic rings. The number of benzene rings is 2. The molecule has 3 rings (SSSR count). The minimum absolute atomic E-state index is 0.0272. The van der Waals surface area contributed by atoms with Crippen molar-refractivity contribution in [3.63, 3.8) is 0 Å². The smallest absolute Gasteiger partial charge is 0.317 e.